The predicted octanol–water partition coefficient (Wildman–Crippen LogP) is 3.08. The Balaban J connectivity index is 1.60. The lowest BCUT2D eigenvalue weighted by Crippen LogP contribution is -2.45. The molecule has 2 aromatic rings. The molecule has 2 heterocycles. The second kappa shape index (κ2) is 8.30. The van der Waals surface area contributed by atoms with Gasteiger partial charge in [0.2, 0.25) is 0 Å². The van der Waals surface area contributed by atoms with Gasteiger partial charge in [-0.25, -0.2) is 0 Å². The Morgan fingerprint density at radius 2 is 2.12 bits per heavy atom. The fraction of sp³-hybridized carbons (Fsp3) is 0.500. The van der Waals surface area contributed by atoms with Crippen LogP contribution in [0, 0.1) is 6.92 Å². The van der Waals surface area contributed by atoms with Crippen molar-refractivity contribution in [2.75, 3.05) is 19.7 Å². The van der Waals surface area contributed by atoms with Crippen LogP contribution in [0.15, 0.2) is 36.5 Å². The minimum absolute atomic E-state index is 0.0767. The van der Waals surface area contributed by atoms with E-state index in [2.05, 4.69) is 36.3 Å². The molecule has 0 N–H and O–H groups in total. The van der Waals surface area contributed by atoms with Crippen molar-refractivity contribution in [3.8, 4) is 0 Å². The van der Waals surface area contributed by atoms with E-state index in [-0.39, 0.29) is 12.0 Å². The average molecular weight is 341 g/mol. The molecule has 1 atom stereocenters. The monoisotopic (exact) mass is 341 g/mol. The highest BCUT2D eigenvalue weighted by atomic mass is 16.5. The van der Waals surface area contributed by atoms with Crippen LogP contribution in [0.1, 0.15) is 41.4 Å². The number of carbonyl (C=O) groups is 1. The van der Waals surface area contributed by atoms with Crippen molar-refractivity contribution in [2.24, 2.45) is 0 Å². The Labute approximate surface area is 149 Å². The summed E-state index contributed by atoms with van der Waals surface area (Å²) in [6.07, 6.45) is 4.73. The Kier molecular flexibility index (Phi) is 5.87. The van der Waals surface area contributed by atoms with Gasteiger partial charge in [0.25, 0.3) is 5.91 Å². The van der Waals surface area contributed by atoms with E-state index >= 15 is 0 Å². The topological polar surface area (TPSA) is 47.4 Å². The standard InChI is InChI=1S/C20H27N3O2/c1-3-11-23-16(2)19(14-21-23)20(24)22-12-13-25-18(15-22)10-9-17-7-5-4-6-8-17/h4-8,14,18H,3,9-13,15H2,1-2H3/t18-/m1/s1. The molecule has 1 aliphatic heterocycles. The molecule has 0 radical (unpaired) electrons. The minimum Gasteiger partial charge on any atom is -0.375 e. The number of amides is 1. The van der Waals surface area contributed by atoms with Crippen LogP contribution < -0.4 is 0 Å². The van der Waals surface area contributed by atoms with Crippen LogP contribution in [-0.2, 0) is 17.7 Å². The van der Waals surface area contributed by atoms with Crippen molar-refractivity contribution in [3.05, 3.63) is 53.3 Å². The highest BCUT2D eigenvalue weighted by Crippen LogP contribution is 2.17. The molecular weight excluding hydrogens is 314 g/mol. The molecule has 0 aliphatic carbocycles. The molecule has 5 heteroatoms. The molecule has 1 aromatic heterocycles. The van der Waals surface area contributed by atoms with Crippen molar-refractivity contribution in [2.45, 2.75) is 45.8 Å². The van der Waals surface area contributed by atoms with Gasteiger partial charge < -0.3 is 9.64 Å². The number of carbonyl (C=O) groups excluding carboxylic acids is 1. The first-order valence-electron chi connectivity index (χ1n) is 9.16. The quantitative estimate of drug-likeness (QED) is 0.811. The SMILES string of the molecule is CCCn1ncc(C(=O)N2CCO[C@H](CCc3ccccc3)C2)c1C. The summed E-state index contributed by atoms with van der Waals surface area (Å²) in [6, 6.07) is 10.4. The van der Waals surface area contributed by atoms with E-state index in [0.29, 0.717) is 19.7 Å². The molecule has 0 unspecified atom stereocenters. The van der Waals surface area contributed by atoms with Gasteiger partial charge in [0.1, 0.15) is 0 Å². The fourth-order valence-electron chi connectivity index (χ4n) is 3.31. The summed E-state index contributed by atoms with van der Waals surface area (Å²) in [4.78, 5) is 14.8. The van der Waals surface area contributed by atoms with E-state index in [1.165, 1.54) is 5.56 Å². The number of benzene rings is 1. The molecule has 1 amide bonds. The summed E-state index contributed by atoms with van der Waals surface area (Å²) < 4.78 is 7.79. The highest BCUT2D eigenvalue weighted by Gasteiger charge is 2.27. The van der Waals surface area contributed by atoms with E-state index < -0.39 is 0 Å². The Hall–Kier alpha value is -2.14. The largest absolute Gasteiger partial charge is 0.375 e. The fourth-order valence-corrected chi connectivity index (χ4v) is 3.31. The van der Waals surface area contributed by atoms with Crippen LogP contribution in [0.5, 0.6) is 0 Å². The van der Waals surface area contributed by atoms with Gasteiger partial charge >= 0.3 is 0 Å². The van der Waals surface area contributed by atoms with Gasteiger partial charge in [0, 0.05) is 25.3 Å². The minimum atomic E-state index is 0.0767. The van der Waals surface area contributed by atoms with Gasteiger partial charge in [-0.05, 0) is 31.7 Å². The van der Waals surface area contributed by atoms with E-state index in [4.69, 9.17) is 4.74 Å². The second-order valence-electron chi connectivity index (χ2n) is 6.64. The van der Waals surface area contributed by atoms with Crippen LogP contribution in [0.3, 0.4) is 0 Å². The van der Waals surface area contributed by atoms with Crippen LogP contribution in [0.2, 0.25) is 0 Å². The maximum absolute atomic E-state index is 12.9. The number of hydrogen-bond acceptors (Lipinski definition) is 3. The lowest BCUT2D eigenvalue weighted by atomic mass is 10.1. The molecule has 3 rings (SSSR count). The predicted molar refractivity (Wildman–Crippen MR) is 97.7 cm³/mol. The van der Waals surface area contributed by atoms with Crippen molar-refractivity contribution >= 4 is 5.91 Å². The Morgan fingerprint density at radius 3 is 2.88 bits per heavy atom. The first kappa shape index (κ1) is 17.7. The van der Waals surface area contributed by atoms with Crippen LogP contribution in [0.4, 0.5) is 0 Å². The number of aryl methyl sites for hydroxylation is 2. The molecule has 0 spiro atoms. The van der Waals surface area contributed by atoms with Crippen LogP contribution >= 0.6 is 0 Å². The summed E-state index contributed by atoms with van der Waals surface area (Å²) in [5, 5.41) is 4.35. The number of morpholine rings is 1. The maximum atomic E-state index is 12.9. The molecule has 5 nitrogen and oxygen atoms in total. The molecule has 0 bridgehead atoms. The Morgan fingerprint density at radius 1 is 1.32 bits per heavy atom. The summed E-state index contributed by atoms with van der Waals surface area (Å²) in [6.45, 7) is 6.85. The molecular formula is C20H27N3O2. The molecule has 0 saturated carbocycles. The van der Waals surface area contributed by atoms with Gasteiger partial charge in [-0.3, -0.25) is 9.48 Å². The van der Waals surface area contributed by atoms with E-state index in [1.54, 1.807) is 6.20 Å². The highest BCUT2D eigenvalue weighted by molar-refractivity contribution is 5.95. The van der Waals surface area contributed by atoms with Gasteiger partial charge in [-0.1, -0.05) is 37.3 Å². The number of nitrogens with zero attached hydrogens (tertiary/aromatic N) is 3. The van der Waals surface area contributed by atoms with Crippen molar-refractivity contribution in [1.29, 1.82) is 0 Å². The first-order chi connectivity index (χ1) is 12.2. The molecule has 1 aliphatic rings. The first-order valence-corrected chi connectivity index (χ1v) is 9.16. The van der Waals surface area contributed by atoms with Gasteiger partial charge in [-0.2, -0.15) is 5.10 Å². The molecule has 1 fully saturated rings. The zero-order valence-corrected chi connectivity index (χ0v) is 15.1. The second-order valence-corrected chi connectivity index (χ2v) is 6.64. The average Bonchev–Trinajstić information content (AvgIpc) is 3.01. The third-order valence-corrected chi connectivity index (χ3v) is 4.79. The van der Waals surface area contributed by atoms with Crippen molar-refractivity contribution in [3.63, 3.8) is 0 Å². The van der Waals surface area contributed by atoms with Gasteiger partial charge in [0.15, 0.2) is 0 Å². The molecule has 134 valence electrons. The molecule has 25 heavy (non-hydrogen) atoms. The zero-order valence-electron chi connectivity index (χ0n) is 15.1. The van der Waals surface area contributed by atoms with Crippen molar-refractivity contribution < 1.29 is 9.53 Å². The summed E-state index contributed by atoms with van der Waals surface area (Å²) in [5.41, 5.74) is 2.99. The van der Waals surface area contributed by atoms with Crippen molar-refractivity contribution in [1.82, 2.24) is 14.7 Å². The van der Waals surface area contributed by atoms with Gasteiger partial charge in [0.05, 0.1) is 24.5 Å². The number of aromatic nitrogens is 2. The van der Waals surface area contributed by atoms with Crippen LogP contribution in [0.25, 0.3) is 0 Å². The molecule has 1 aromatic carbocycles. The summed E-state index contributed by atoms with van der Waals surface area (Å²) >= 11 is 0. The summed E-state index contributed by atoms with van der Waals surface area (Å²) in [5.74, 6) is 0.0767. The van der Waals surface area contributed by atoms with E-state index in [9.17, 15) is 4.79 Å². The smallest absolute Gasteiger partial charge is 0.257 e. The lowest BCUT2D eigenvalue weighted by molar-refractivity contribution is -0.0246. The van der Waals surface area contributed by atoms with Gasteiger partial charge in [-0.15, -0.1) is 0 Å². The summed E-state index contributed by atoms with van der Waals surface area (Å²) in [7, 11) is 0. The number of ether oxygens (including phenoxy) is 1. The normalized spacial score (nSPS) is 17.7. The van der Waals surface area contributed by atoms with Crippen LogP contribution in [-0.4, -0.2) is 46.4 Å². The third-order valence-electron chi connectivity index (χ3n) is 4.79. The number of hydrogen-bond donors (Lipinski definition) is 0. The Bertz CT molecular complexity index is 696. The van der Waals surface area contributed by atoms with E-state index in [1.807, 2.05) is 22.6 Å². The molecule has 1 saturated heterocycles. The number of rotatable bonds is 6. The zero-order chi connectivity index (χ0) is 17.6. The van der Waals surface area contributed by atoms with E-state index in [0.717, 1.165) is 37.1 Å². The lowest BCUT2D eigenvalue weighted by Gasteiger charge is -2.33. The third kappa shape index (κ3) is 4.28. The maximum Gasteiger partial charge on any atom is 0.257 e.